The minimum Gasteiger partial charge on any atom is -0.330 e. The largest absolute Gasteiger partial charge is 0.330 e. The van der Waals surface area contributed by atoms with E-state index in [1.54, 1.807) is 23.6 Å². The molecule has 0 bridgehead atoms. The maximum Gasteiger partial charge on any atom is 0.328 e. The van der Waals surface area contributed by atoms with E-state index < -0.39 is 0 Å². The lowest BCUT2D eigenvalue weighted by Crippen LogP contribution is -2.28. The molecule has 1 aromatic heterocycles. The maximum absolute atomic E-state index is 12.3. The minimum absolute atomic E-state index is 0.00398. The van der Waals surface area contributed by atoms with E-state index in [4.69, 9.17) is 0 Å². The number of aromatic nitrogens is 1. The quantitative estimate of drug-likeness (QED) is 0.742. The molecule has 0 saturated carbocycles. The first-order chi connectivity index (χ1) is 8.65. The van der Waals surface area contributed by atoms with Crippen LogP contribution in [0.4, 0.5) is 4.79 Å². The number of hydrogen-bond donors (Lipinski definition) is 0. The van der Waals surface area contributed by atoms with Crippen molar-refractivity contribution >= 4 is 16.9 Å². The molecule has 0 spiro atoms. The Bertz CT molecular complexity index is 594. The molecule has 18 heavy (non-hydrogen) atoms. The Kier molecular flexibility index (Phi) is 3.51. The molecule has 3 nitrogen and oxygen atoms in total. The van der Waals surface area contributed by atoms with Crippen LogP contribution in [0.1, 0.15) is 12.6 Å². The second kappa shape index (κ2) is 5.08. The second-order valence-electron chi connectivity index (χ2n) is 4.48. The normalized spacial score (nSPS) is 11.3. The first kappa shape index (κ1) is 12.4. The van der Waals surface area contributed by atoms with Gasteiger partial charge in [-0.05, 0) is 19.1 Å². The molecule has 94 valence electrons. The zero-order valence-corrected chi connectivity index (χ0v) is 11.1. The highest BCUT2D eigenvalue weighted by molar-refractivity contribution is 5.92. The summed E-state index contributed by atoms with van der Waals surface area (Å²) >= 11 is 0. The zero-order valence-electron chi connectivity index (χ0n) is 11.1. The third-order valence-electron chi connectivity index (χ3n) is 2.92. The van der Waals surface area contributed by atoms with Gasteiger partial charge < -0.3 is 4.90 Å². The lowest BCUT2D eigenvalue weighted by atomic mass is 10.2. The van der Waals surface area contributed by atoms with Crippen LogP contribution in [0.2, 0.25) is 0 Å². The summed E-state index contributed by atoms with van der Waals surface area (Å²) in [4.78, 5) is 13.9. The molecule has 1 aromatic carbocycles. The average molecular weight is 242 g/mol. The van der Waals surface area contributed by atoms with Crippen LogP contribution in [0.5, 0.6) is 0 Å². The van der Waals surface area contributed by atoms with E-state index in [0.29, 0.717) is 0 Å². The molecule has 0 unspecified atom stereocenters. The number of allylic oxidation sites excluding steroid dienone is 2. The third kappa shape index (κ3) is 2.16. The SMILES string of the molecule is C/C=C\Cc1cc2ccccc2n1C(=O)N(C)C. The van der Waals surface area contributed by atoms with Crippen molar-refractivity contribution < 1.29 is 4.79 Å². The van der Waals surface area contributed by atoms with Crippen LogP contribution < -0.4 is 0 Å². The Hall–Kier alpha value is -2.03. The van der Waals surface area contributed by atoms with Gasteiger partial charge in [0.05, 0.1) is 5.52 Å². The van der Waals surface area contributed by atoms with Crippen molar-refractivity contribution in [2.45, 2.75) is 13.3 Å². The third-order valence-corrected chi connectivity index (χ3v) is 2.92. The standard InChI is InChI=1S/C15H18N2O/c1-4-5-9-13-11-12-8-6-7-10-14(12)17(13)15(18)16(2)3/h4-8,10-11H,9H2,1-3H3/b5-4-. The van der Waals surface area contributed by atoms with Crippen LogP contribution in [0, 0.1) is 0 Å². The molecule has 0 aliphatic carbocycles. The highest BCUT2D eigenvalue weighted by Crippen LogP contribution is 2.21. The number of para-hydroxylation sites is 1. The maximum atomic E-state index is 12.3. The van der Waals surface area contributed by atoms with Gasteiger partial charge in [-0.2, -0.15) is 0 Å². The molecular formula is C15H18N2O. The van der Waals surface area contributed by atoms with Gasteiger partial charge in [-0.3, -0.25) is 4.57 Å². The van der Waals surface area contributed by atoms with Crippen LogP contribution in [0.15, 0.2) is 42.5 Å². The fourth-order valence-corrected chi connectivity index (χ4v) is 2.03. The van der Waals surface area contributed by atoms with E-state index in [0.717, 1.165) is 23.0 Å². The molecule has 0 N–H and O–H groups in total. The topological polar surface area (TPSA) is 25.2 Å². The van der Waals surface area contributed by atoms with Crippen LogP contribution in [-0.2, 0) is 6.42 Å². The Labute approximate surface area is 107 Å². The summed E-state index contributed by atoms with van der Waals surface area (Å²) in [7, 11) is 3.55. The molecule has 0 saturated heterocycles. The van der Waals surface area contributed by atoms with E-state index in [-0.39, 0.29) is 6.03 Å². The van der Waals surface area contributed by atoms with E-state index in [1.165, 1.54) is 0 Å². The number of nitrogens with zero attached hydrogens (tertiary/aromatic N) is 2. The summed E-state index contributed by atoms with van der Waals surface area (Å²) in [6.45, 7) is 1.99. The Morgan fingerprint density at radius 2 is 2.06 bits per heavy atom. The van der Waals surface area contributed by atoms with E-state index >= 15 is 0 Å². The molecule has 0 aliphatic heterocycles. The van der Waals surface area contributed by atoms with Crippen LogP contribution >= 0.6 is 0 Å². The number of hydrogen-bond acceptors (Lipinski definition) is 1. The van der Waals surface area contributed by atoms with Gasteiger partial charge in [-0.25, -0.2) is 4.79 Å². The van der Waals surface area contributed by atoms with Crippen molar-refractivity contribution in [1.29, 1.82) is 0 Å². The van der Waals surface area contributed by atoms with Gasteiger partial charge in [0.15, 0.2) is 0 Å². The highest BCUT2D eigenvalue weighted by atomic mass is 16.2. The average Bonchev–Trinajstić information content (AvgIpc) is 2.73. The van der Waals surface area contributed by atoms with Gasteiger partial charge in [0.1, 0.15) is 0 Å². The number of rotatable bonds is 2. The van der Waals surface area contributed by atoms with Crippen LogP contribution in [0.3, 0.4) is 0 Å². The first-order valence-electron chi connectivity index (χ1n) is 6.07. The summed E-state index contributed by atoms with van der Waals surface area (Å²) in [5.74, 6) is 0. The van der Waals surface area contributed by atoms with Crippen molar-refractivity contribution in [3.63, 3.8) is 0 Å². The van der Waals surface area contributed by atoms with Crippen molar-refractivity contribution in [1.82, 2.24) is 9.47 Å². The molecule has 2 aromatic rings. The molecule has 2 rings (SSSR count). The molecular weight excluding hydrogens is 224 g/mol. The smallest absolute Gasteiger partial charge is 0.328 e. The van der Waals surface area contributed by atoms with E-state index in [9.17, 15) is 4.79 Å². The number of benzene rings is 1. The summed E-state index contributed by atoms with van der Waals surface area (Å²) < 4.78 is 1.79. The summed E-state index contributed by atoms with van der Waals surface area (Å²) in [6, 6.07) is 10.0. The second-order valence-corrected chi connectivity index (χ2v) is 4.48. The number of fused-ring (bicyclic) bond motifs is 1. The lowest BCUT2D eigenvalue weighted by molar-refractivity contribution is 0.219. The number of amides is 1. The van der Waals surface area contributed by atoms with E-state index in [2.05, 4.69) is 12.1 Å². The fourth-order valence-electron chi connectivity index (χ4n) is 2.03. The molecule has 0 aliphatic rings. The highest BCUT2D eigenvalue weighted by Gasteiger charge is 2.15. The van der Waals surface area contributed by atoms with Gasteiger partial charge in [-0.15, -0.1) is 0 Å². The molecule has 1 heterocycles. The summed E-state index contributed by atoms with van der Waals surface area (Å²) in [6.07, 6.45) is 4.83. The zero-order chi connectivity index (χ0) is 13.1. The molecule has 0 fully saturated rings. The lowest BCUT2D eigenvalue weighted by Gasteiger charge is -2.14. The van der Waals surface area contributed by atoms with Gasteiger partial charge >= 0.3 is 6.03 Å². The van der Waals surface area contributed by atoms with Gasteiger partial charge in [0.25, 0.3) is 0 Å². The summed E-state index contributed by atoms with van der Waals surface area (Å²) in [5, 5.41) is 1.10. The molecule has 3 heteroatoms. The fraction of sp³-hybridized carbons (Fsp3) is 0.267. The predicted octanol–water partition coefficient (Wildman–Crippen LogP) is 3.29. The minimum atomic E-state index is -0.00398. The van der Waals surface area contributed by atoms with Crippen LogP contribution in [-0.4, -0.2) is 29.6 Å². The predicted molar refractivity (Wildman–Crippen MR) is 74.9 cm³/mol. The monoisotopic (exact) mass is 242 g/mol. The van der Waals surface area contributed by atoms with Crippen molar-refractivity contribution in [3.05, 3.63) is 48.2 Å². The van der Waals surface area contributed by atoms with Gasteiger partial charge in [-0.1, -0.05) is 30.4 Å². The van der Waals surface area contributed by atoms with Crippen molar-refractivity contribution in [2.24, 2.45) is 0 Å². The van der Waals surface area contributed by atoms with Gasteiger partial charge in [0.2, 0.25) is 0 Å². The number of carbonyl (C=O) groups excluding carboxylic acids is 1. The number of carbonyl (C=O) groups is 1. The van der Waals surface area contributed by atoms with Crippen molar-refractivity contribution in [2.75, 3.05) is 14.1 Å². The Balaban J connectivity index is 2.61. The Morgan fingerprint density at radius 1 is 1.33 bits per heavy atom. The summed E-state index contributed by atoms with van der Waals surface area (Å²) in [5.41, 5.74) is 1.99. The Morgan fingerprint density at radius 3 is 2.72 bits per heavy atom. The molecule has 0 atom stereocenters. The van der Waals surface area contributed by atoms with Gasteiger partial charge in [0, 0.05) is 31.6 Å². The van der Waals surface area contributed by atoms with E-state index in [1.807, 2.05) is 37.3 Å². The van der Waals surface area contributed by atoms with Crippen molar-refractivity contribution in [3.8, 4) is 0 Å². The molecule has 1 amide bonds. The first-order valence-corrected chi connectivity index (χ1v) is 6.07. The van der Waals surface area contributed by atoms with Crippen LogP contribution in [0.25, 0.3) is 10.9 Å². The molecule has 0 radical (unpaired) electrons.